The first-order valence-electron chi connectivity index (χ1n) is 4.83. The highest BCUT2D eigenvalue weighted by Gasteiger charge is 2.34. The van der Waals surface area contributed by atoms with Crippen LogP contribution in [0.4, 0.5) is 18.9 Å². The maximum Gasteiger partial charge on any atom is 0.417 e. The Morgan fingerprint density at radius 2 is 1.89 bits per heavy atom. The number of rotatable bonds is 1. The molecule has 1 heterocycles. The van der Waals surface area contributed by atoms with Crippen molar-refractivity contribution < 1.29 is 13.2 Å². The molecule has 5 nitrogen and oxygen atoms in total. The number of hydrogen-bond donors (Lipinski definition) is 3. The fraction of sp³-hybridized carbons (Fsp3) is 0.100. The highest BCUT2D eigenvalue weighted by atomic mass is 19.4. The van der Waals surface area contributed by atoms with Gasteiger partial charge in [0.2, 0.25) is 0 Å². The minimum Gasteiger partial charge on any atom is -0.399 e. The number of pyridine rings is 1. The van der Waals surface area contributed by atoms with Crippen molar-refractivity contribution in [2.45, 2.75) is 6.18 Å². The third-order valence-electron chi connectivity index (χ3n) is 2.47. The molecule has 2 rings (SSSR count). The number of fused-ring (bicyclic) bond motifs is 1. The van der Waals surface area contributed by atoms with Crippen LogP contribution in [0.2, 0.25) is 0 Å². The highest BCUT2D eigenvalue weighted by Crippen LogP contribution is 2.34. The molecule has 0 saturated carbocycles. The molecule has 5 N–H and O–H groups in total. The summed E-state index contributed by atoms with van der Waals surface area (Å²) in [5, 5.41) is -0.194. The van der Waals surface area contributed by atoms with Crippen LogP contribution in [0.3, 0.4) is 0 Å². The molecule has 0 unspecified atom stereocenters. The maximum atomic E-state index is 12.8. The summed E-state index contributed by atoms with van der Waals surface area (Å²) in [4.78, 5) is 11.5. The van der Waals surface area contributed by atoms with Gasteiger partial charge in [0.05, 0.1) is 11.1 Å². The molecule has 18 heavy (non-hydrogen) atoms. The standard InChI is InChI=1S/C10H9F3N4O/c11-10(12,13)7-4-9(18)17(16-15)8-2-1-5(14)3-6(7)8/h1-4,16H,14-15H2. The average Bonchev–Trinajstić information content (AvgIpc) is 2.27. The lowest BCUT2D eigenvalue weighted by Crippen LogP contribution is -2.34. The maximum absolute atomic E-state index is 12.8. The van der Waals surface area contributed by atoms with Gasteiger partial charge in [0.15, 0.2) is 0 Å². The van der Waals surface area contributed by atoms with Crippen LogP contribution in [0, 0.1) is 0 Å². The number of alkyl halides is 3. The van der Waals surface area contributed by atoms with Crippen molar-refractivity contribution >= 4 is 16.6 Å². The molecule has 0 amide bonds. The van der Waals surface area contributed by atoms with Crippen molar-refractivity contribution in [3.05, 3.63) is 40.2 Å². The lowest BCUT2D eigenvalue weighted by molar-refractivity contribution is -0.136. The first kappa shape index (κ1) is 12.2. The molecule has 0 atom stereocenters. The SMILES string of the molecule is NNn1c(=O)cc(C(F)(F)F)c2cc(N)ccc21. The second-order valence-electron chi connectivity index (χ2n) is 3.64. The molecule has 2 aromatic rings. The quantitative estimate of drug-likeness (QED) is 0.405. The van der Waals surface area contributed by atoms with E-state index in [9.17, 15) is 18.0 Å². The first-order valence-corrected chi connectivity index (χ1v) is 4.83. The van der Waals surface area contributed by atoms with Crippen LogP contribution in [0.15, 0.2) is 29.1 Å². The lowest BCUT2D eigenvalue weighted by Gasteiger charge is -2.14. The fourth-order valence-corrected chi connectivity index (χ4v) is 1.72. The van der Waals surface area contributed by atoms with Crippen LogP contribution in [0.25, 0.3) is 10.9 Å². The number of benzene rings is 1. The lowest BCUT2D eigenvalue weighted by atomic mass is 10.1. The van der Waals surface area contributed by atoms with E-state index in [0.29, 0.717) is 6.07 Å². The van der Waals surface area contributed by atoms with Gasteiger partial charge in [-0.2, -0.15) is 13.2 Å². The zero-order valence-corrected chi connectivity index (χ0v) is 8.95. The van der Waals surface area contributed by atoms with Crippen LogP contribution < -0.4 is 22.7 Å². The summed E-state index contributed by atoms with van der Waals surface area (Å²) in [5.41, 5.74) is 5.72. The van der Waals surface area contributed by atoms with Gasteiger partial charge < -0.3 is 5.73 Å². The highest BCUT2D eigenvalue weighted by molar-refractivity contribution is 5.86. The molecule has 96 valence electrons. The van der Waals surface area contributed by atoms with Gasteiger partial charge in [-0.15, -0.1) is 0 Å². The number of nitrogens with one attached hydrogen (secondary N) is 1. The fourth-order valence-electron chi connectivity index (χ4n) is 1.72. The van der Waals surface area contributed by atoms with Crippen molar-refractivity contribution in [2.24, 2.45) is 5.84 Å². The molecule has 0 bridgehead atoms. The van der Waals surface area contributed by atoms with E-state index in [-0.39, 0.29) is 16.6 Å². The Balaban J connectivity index is 2.97. The molecule has 0 aliphatic carbocycles. The predicted molar refractivity (Wildman–Crippen MR) is 61.2 cm³/mol. The van der Waals surface area contributed by atoms with E-state index in [1.807, 2.05) is 5.53 Å². The molecule has 0 saturated heterocycles. The van der Waals surface area contributed by atoms with Crippen LogP contribution in [0.5, 0.6) is 0 Å². The van der Waals surface area contributed by atoms with Crippen LogP contribution in [0.1, 0.15) is 5.56 Å². The molecule has 0 aliphatic rings. The average molecular weight is 258 g/mol. The van der Waals surface area contributed by atoms with Gasteiger partial charge in [-0.25, -0.2) is 10.5 Å². The molecule has 1 aromatic heterocycles. The summed E-state index contributed by atoms with van der Waals surface area (Å²) in [6.45, 7) is 0. The van der Waals surface area contributed by atoms with Crippen LogP contribution in [-0.2, 0) is 6.18 Å². The summed E-state index contributed by atoms with van der Waals surface area (Å²) < 4.78 is 39.3. The minimum atomic E-state index is -4.64. The number of nitrogens with two attached hydrogens (primary N) is 2. The molecule has 0 spiro atoms. The van der Waals surface area contributed by atoms with E-state index in [2.05, 4.69) is 0 Å². The molecule has 1 aromatic carbocycles. The number of halogens is 3. The van der Waals surface area contributed by atoms with Crippen molar-refractivity contribution in [2.75, 3.05) is 11.3 Å². The minimum absolute atomic E-state index is 0.00604. The molecule has 0 fully saturated rings. The summed E-state index contributed by atoms with van der Waals surface area (Å²) in [6, 6.07) is 4.30. The number of hydrogen-bond acceptors (Lipinski definition) is 4. The largest absolute Gasteiger partial charge is 0.417 e. The number of aromatic nitrogens is 1. The van der Waals surface area contributed by atoms with E-state index >= 15 is 0 Å². The Morgan fingerprint density at radius 3 is 2.44 bits per heavy atom. The Kier molecular flexibility index (Phi) is 2.66. The monoisotopic (exact) mass is 258 g/mol. The van der Waals surface area contributed by atoms with Gasteiger partial charge in [-0.3, -0.25) is 10.3 Å². The number of hydrazine groups is 1. The van der Waals surface area contributed by atoms with Crippen LogP contribution >= 0.6 is 0 Å². The number of nitrogens with zero attached hydrogens (tertiary/aromatic N) is 1. The van der Waals surface area contributed by atoms with Gasteiger partial charge in [0, 0.05) is 17.1 Å². The Bertz CT molecular complexity index is 662. The second-order valence-corrected chi connectivity index (χ2v) is 3.64. The first-order chi connectivity index (χ1) is 8.34. The van der Waals surface area contributed by atoms with Crippen molar-refractivity contribution in [3.8, 4) is 0 Å². The second kappa shape index (κ2) is 3.91. The van der Waals surface area contributed by atoms with E-state index in [4.69, 9.17) is 11.6 Å². The van der Waals surface area contributed by atoms with Gasteiger partial charge in [-0.05, 0) is 18.2 Å². The summed E-state index contributed by atoms with van der Waals surface area (Å²) in [7, 11) is 0. The van der Waals surface area contributed by atoms with Crippen molar-refractivity contribution in [1.82, 2.24) is 4.68 Å². The normalized spacial score (nSPS) is 11.8. The van der Waals surface area contributed by atoms with Gasteiger partial charge in [-0.1, -0.05) is 0 Å². The summed E-state index contributed by atoms with van der Waals surface area (Å²) in [6.07, 6.45) is -4.64. The third-order valence-corrected chi connectivity index (χ3v) is 2.47. The smallest absolute Gasteiger partial charge is 0.399 e. The topological polar surface area (TPSA) is 86.1 Å². The van der Waals surface area contributed by atoms with Gasteiger partial charge >= 0.3 is 6.18 Å². The summed E-state index contributed by atoms with van der Waals surface area (Å²) >= 11 is 0. The number of nitrogen functional groups attached to an aromatic ring is 2. The third kappa shape index (κ3) is 1.86. The van der Waals surface area contributed by atoms with E-state index < -0.39 is 17.3 Å². The number of anilines is 1. The van der Waals surface area contributed by atoms with Gasteiger partial charge in [0.1, 0.15) is 0 Å². The molecule has 0 radical (unpaired) electrons. The Labute approximate surface area is 98.7 Å². The van der Waals surface area contributed by atoms with Gasteiger partial charge in [0.25, 0.3) is 5.56 Å². The van der Waals surface area contributed by atoms with E-state index in [0.717, 1.165) is 10.7 Å². The summed E-state index contributed by atoms with van der Waals surface area (Å²) in [5.74, 6) is 5.11. The zero-order valence-electron chi connectivity index (χ0n) is 8.95. The molecular formula is C10H9F3N4O. The van der Waals surface area contributed by atoms with E-state index in [1.165, 1.54) is 12.1 Å². The zero-order chi connectivity index (χ0) is 13.5. The predicted octanol–water partition coefficient (Wildman–Crippen LogP) is 1.02. The van der Waals surface area contributed by atoms with Crippen molar-refractivity contribution in [3.63, 3.8) is 0 Å². The molecular weight excluding hydrogens is 249 g/mol. The van der Waals surface area contributed by atoms with Crippen molar-refractivity contribution in [1.29, 1.82) is 0 Å². The molecule has 0 aliphatic heterocycles. The Hall–Kier alpha value is -2.22. The molecule has 8 heteroatoms. The van der Waals surface area contributed by atoms with E-state index in [1.54, 1.807) is 0 Å². The Morgan fingerprint density at radius 1 is 1.22 bits per heavy atom. The van der Waals surface area contributed by atoms with Crippen LogP contribution in [-0.4, -0.2) is 4.68 Å².